The van der Waals surface area contributed by atoms with Gasteiger partial charge >= 0.3 is 5.97 Å². The standard InChI is InChI=1S/C14H15NO5S/c1-14(2,21(3,18)19)11-10(13(16)17)15-12(20-11)9-7-5-4-6-8-9/h4-8H,1-3H3,(H,16,17). The Kier molecular flexibility index (Phi) is 3.63. The van der Waals surface area contributed by atoms with E-state index in [0.29, 0.717) is 5.56 Å². The first-order valence-corrected chi connectivity index (χ1v) is 8.03. The van der Waals surface area contributed by atoms with E-state index >= 15 is 0 Å². The van der Waals surface area contributed by atoms with Gasteiger partial charge < -0.3 is 9.52 Å². The minimum Gasteiger partial charge on any atom is -0.476 e. The van der Waals surface area contributed by atoms with Crippen LogP contribution in [0.1, 0.15) is 30.1 Å². The molecule has 0 bridgehead atoms. The zero-order chi connectivity index (χ0) is 15.8. The van der Waals surface area contributed by atoms with Gasteiger partial charge in [0.25, 0.3) is 0 Å². The van der Waals surface area contributed by atoms with Gasteiger partial charge in [0.1, 0.15) is 4.75 Å². The van der Waals surface area contributed by atoms with E-state index in [0.717, 1.165) is 6.26 Å². The maximum absolute atomic E-state index is 11.9. The molecule has 2 rings (SSSR count). The van der Waals surface area contributed by atoms with Crippen LogP contribution in [0.2, 0.25) is 0 Å². The van der Waals surface area contributed by atoms with Crippen molar-refractivity contribution < 1.29 is 22.7 Å². The fourth-order valence-corrected chi connectivity index (χ4v) is 2.22. The fraction of sp³-hybridized carbons (Fsp3) is 0.286. The van der Waals surface area contributed by atoms with E-state index < -0.39 is 20.6 Å². The first-order valence-electron chi connectivity index (χ1n) is 6.14. The largest absolute Gasteiger partial charge is 0.476 e. The van der Waals surface area contributed by atoms with Crippen molar-refractivity contribution >= 4 is 15.8 Å². The minimum atomic E-state index is -3.58. The number of hydrogen-bond donors (Lipinski definition) is 1. The molecule has 0 spiro atoms. The van der Waals surface area contributed by atoms with Gasteiger partial charge in [-0.3, -0.25) is 0 Å². The van der Waals surface area contributed by atoms with Gasteiger partial charge in [-0.05, 0) is 26.0 Å². The predicted molar refractivity (Wildman–Crippen MR) is 76.8 cm³/mol. The summed E-state index contributed by atoms with van der Waals surface area (Å²) in [5.74, 6) is -1.41. The molecule has 0 amide bonds. The number of aromatic carboxylic acids is 1. The molecule has 1 heterocycles. The molecular weight excluding hydrogens is 294 g/mol. The van der Waals surface area contributed by atoms with Crippen molar-refractivity contribution in [1.82, 2.24) is 4.98 Å². The monoisotopic (exact) mass is 309 g/mol. The molecule has 0 radical (unpaired) electrons. The summed E-state index contributed by atoms with van der Waals surface area (Å²) in [4.78, 5) is 15.3. The van der Waals surface area contributed by atoms with Gasteiger partial charge in [-0.2, -0.15) is 0 Å². The summed E-state index contributed by atoms with van der Waals surface area (Å²) in [5.41, 5.74) is 0.194. The van der Waals surface area contributed by atoms with Crippen LogP contribution in [0.5, 0.6) is 0 Å². The van der Waals surface area contributed by atoms with Gasteiger partial charge in [-0.15, -0.1) is 0 Å². The van der Waals surface area contributed by atoms with Crippen molar-refractivity contribution in [2.45, 2.75) is 18.6 Å². The number of carbonyl (C=O) groups is 1. The van der Waals surface area contributed by atoms with E-state index in [4.69, 9.17) is 4.42 Å². The summed E-state index contributed by atoms with van der Waals surface area (Å²) in [5, 5.41) is 9.24. The van der Waals surface area contributed by atoms with Gasteiger partial charge in [0.15, 0.2) is 21.3 Å². The zero-order valence-corrected chi connectivity index (χ0v) is 12.6. The van der Waals surface area contributed by atoms with Crippen LogP contribution in [-0.2, 0) is 14.6 Å². The molecule has 112 valence electrons. The molecule has 0 aliphatic rings. The Labute approximate surface area is 122 Å². The molecule has 1 aromatic heterocycles. The van der Waals surface area contributed by atoms with Crippen LogP contribution in [0.25, 0.3) is 11.5 Å². The highest BCUT2D eigenvalue weighted by Gasteiger charge is 2.41. The van der Waals surface area contributed by atoms with Crippen molar-refractivity contribution in [3.05, 3.63) is 41.8 Å². The number of carboxylic acids is 1. The summed E-state index contributed by atoms with van der Waals surface area (Å²) in [7, 11) is -3.58. The molecule has 0 unspecified atom stereocenters. The number of carboxylic acid groups (broad SMARTS) is 1. The highest BCUT2D eigenvalue weighted by molar-refractivity contribution is 7.91. The van der Waals surface area contributed by atoms with Crippen LogP contribution in [0.3, 0.4) is 0 Å². The zero-order valence-electron chi connectivity index (χ0n) is 11.8. The maximum atomic E-state index is 11.9. The SMILES string of the molecule is CC(C)(c1oc(-c2ccccc2)nc1C(=O)O)S(C)(=O)=O. The number of rotatable bonds is 4. The van der Waals surface area contributed by atoms with Gasteiger partial charge in [0, 0.05) is 11.8 Å². The molecule has 1 N–H and O–H groups in total. The number of aromatic nitrogens is 1. The normalized spacial score (nSPS) is 12.3. The highest BCUT2D eigenvalue weighted by Crippen LogP contribution is 2.34. The molecule has 21 heavy (non-hydrogen) atoms. The fourth-order valence-electron chi connectivity index (χ4n) is 1.75. The van der Waals surface area contributed by atoms with E-state index in [2.05, 4.69) is 4.98 Å². The third-order valence-electron chi connectivity index (χ3n) is 3.32. The van der Waals surface area contributed by atoms with E-state index in [1.54, 1.807) is 30.3 Å². The number of benzene rings is 1. The quantitative estimate of drug-likeness (QED) is 0.930. The Bertz CT molecular complexity index is 775. The summed E-state index contributed by atoms with van der Waals surface area (Å²) >= 11 is 0. The molecule has 7 heteroatoms. The molecule has 0 saturated carbocycles. The molecule has 0 aliphatic carbocycles. The summed E-state index contributed by atoms with van der Waals surface area (Å²) in [6, 6.07) is 8.71. The molecule has 1 aromatic carbocycles. The Balaban J connectivity index is 2.68. The van der Waals surface area contributed by atoms with Crippen LogP contribution in [-0.4, -0.2) is 30.7 Å². The number of sulfone groups is 1. The Morgan fingerprint density at radius 1 is 1.24 bits per heavy atom. The Morgan fingerprint density at radius 3 is 2.29 bits per heavy atom. The summed E-state index contributed by atoms with van der Waals surface area (Å²) in [6.07, 6.45) is 1.03. The lowest BCUT2D eigenvalue weighted by Gasteiger charge is -2.19. The third-order valence-corrected chi connectivity index (χ3v) is 5.36. The lowest BCUT2D eigenvalue weighted by atomic mass is 10.1. The average molecular weight is 309 g/mol. The summed E-state index contributed by atoms with van der Waals surface area (Å²) < 4.78 is 27.8. The van der Waals surface area contributed by atoms with E-state index in [1.807, 2.05) is 0 Å². The van der Waals surface area contributed by atoms with Gasteiger partial charge in [0.2, 0.25) is 5.89 Å². The summed E-state index contributed by atoms with van der Waals surface area (Å²) in [6.45, 7) is 2.79. The Morgan fingerprint density at radius 2 is 1.81 bits per heavy atom. The van der Waals surface area contributed by atoms with Crippen LogP contribution in [0, 0.1) is 0 Å². The van der Waals surface area contributed by atoms with Crippen molar-refractivity contribution in [2.75, 3.05) is 6.26 Å². The van der Waals surface area contributed by atoms with Gasteiger partial charge in [-0.1, -0.05) is 18.2 Å². The first-order chi connectivity index (χ1) is 9.64. The average Bonchev–Trinajstić information content (AvgIpc) is 2.84. The second kappa shape index (κ2) is 5.00. The topological polar surface area (TPSA) is 97.5 Å². The van der Waals surface area contributed by atoms with Crippen molar-refractivity contribution in [3.8, 4) is 11.5 Å². The van der Waals surface area contributed by atoms with E-state index in [1.165, 1.54) is 13.8 Å². The van der Waals surface area contributed by atoms with Crippen LogP contribution < -0.4 is 0 Å². The predicted octanol–water partition coefficient (Wildman–Crippen LogP) is 2.32. The molecule has 0 atom stereocenters. The molecular formula is C14H15NO5S. The number of hydrogen-bond acceptors (Lipinski definition) is 5. The second-order valence-electron chi connectivity index (χ2n) is 5.15. The van der Waals surface area contributed by atoms with Crippen molar-refractivity contribution in [3.63, 3.8) is 0 Å². The van der Waals surface area contributed by atoms with Gasteiger partial charge in [-0.25, -0.2) is 18.2 Å². The molecule has 0 saturated heterocycles. The van der Waals surface area contributed by atoms with Crippen LogP contribution in [0.15, 0.2) is 34.7 Å². The number of oxazole rings is 1. The number of nitrogens with zero attached hydrogens (tertiary/aromatic N) is 1. The lowest BCUT2D eigenvalue weighted by Crippen LogP contribution is -2.29. The highest BCUT2D eigenvalue weighted by atomic mass is 32.2. The van der Waals surface area contributed by atoms with Crippen molar-refractivity contribution in [1.29, 1.82) is 0 Å². The van der Waals surface area contributed by atoms with Crippen molar-refractivity contribution in [2.24, 2.45) is 0 Å². The molecule has 0 fully saturated rings. The molecule has 2 aromatic rings. The molecule has 6 nitrogen and oxygen atoms in total. The van der Waals surface area contributed by atoms with Crippen LogP contribution >= 0.6 is 0 Å². The van der Waals surface area contributed by atoms with Gasteiger partial charge in [0.05, 0.1) is 0 Å². The van der Waals surface area contributed by atoms with Crippen LogP contribution in [0.4, 0.5) is 0 Å². The van der Waals surface area contributed by atoms with E-state index in [-0.39, 0.29) is 17.3 Å². The Hall–Kier alpha value is -2.15. The molecule has 0 aliphatic heterocycles. The third kappa shape index (κ3) is 2.69. The lowest BCUT2D eigenvalue weighted by molar-refractivity contribution is 0.0687. The minimum absolute atomic E-state index is 0.0831. The maximum Gasteiger partial charge on any atom is 0.358 e. The smallest absolute Gasteiger partial charge is 0.358 e. The van der Waals surface area contributed by atoms with E-state index in [9.17, 15) is 18.3 Å². The first kappa shape index (κ1) is 15.2. The second-order valence-corrected chi connectivity index (χ2v) is 7.72.